The van der Waals surface area contributed by atoms with E-state index in [1.54, 1.807) is 24.1 Å². The largest absolute Gasteiger partial charge is 0.435 e. The Balaban J connectivity index is 1.86. The number of nitrogens with zero attached hydrogens (tertiary/aromatic N) is 1. The monoisotopic (exact) mass is 372 g/mol. The molecule has 0 radical (unpaired) electrons. The minimum absolute atomic E-state index is 0.0724. The number of hydrogen-bond acceptors (Lipinski definition) is 3. The van der Waals surface area contributed by atoms with Crippen LogP contribution in [0.1, 0.15) is 5.56 Å². The van der Waals surface area contributed by atoms with Crippen molar-refractivity contribution in [3.8, 4) is 5.75 Å². The van der Waals surface area contributed by atoms with Crippen LogP contribution in [0.15, 0.2) is 42.5 Å². The van der Waals surface area contributed by atoms with Gasteiger partial charge >= 0.3 is 6.61 Å². The highest BCUT2D eigenvalue weighted by molar-refractivity contribution is 6.33. The number of hydrogen-bond donors (Lipinski definition) is 1. The van der Waals surface area contributed by atoms with Crippen LogP contribution in [0.3, 0.4) is 0 Å². The number of alkyl halides is 2. The highest BCUT2D eigenvalue weighted by Gasteiger charge is 2.10. The predicted molar refractivity (Wildman–Crippen MR) is 89.4 cm³/mol. The Morgan fingerprint density at radius 2 is 1.92 bits per heavy atom. The second kappa shape index (κ2) is 8.73. The van der Waals surface area contributed by atoms with Crippen LogP contribution >= 0.6 is 11.6 Å². The van der Waals surface area contributed by atoms with Gasteiger partial charge < -0.3 is 10.1 Å². The first-order valence-corrected chi connectivity index (χ1v) is 7.68. The maximum Gasteiger partial charge on any atom is 0.387 e. The first-order chi connectivity index (χ1) is 11.8. The van der Waals surface area contributed by atoms with Crippen molar-refractivity contribution in [3.63, 3.8) is 0 Å². The van der Waals surface area contributed by atoms with E-state index in [2.05, 4.69) is 10.1 Å². The summed E-state index contributed by atoms with van der Waals surface area (Å²) in [6, 6.07) is 9.86. The molecule has 2 rings (SSSR count). The third-order valence-electron chi connectivity index (χ3n) is 3.22. The molecule has 0 aromatic heterocycles. The third-order valence-corrected chi connectivity index (χ3v) is 3.53. The molecule has 0 unspecified atom stereocenters. The number of halogens is 4. The smallest absolute Gasteiger partial charge is 0.387 e. The molecule has 0 aliphatic heterocycles. The molecule has 4 nitrogen and oxygen atoms in total. The summed E-state index contributed by atoms with van der Waals surface area (Å²) in [6.07, 6.45) is 0. The Morgan fingerprint density at radius 3 is 2.52 bits per heavy atom. The van der Waals surface area contributed by atoms with Crippen molar-refractivity contribution in [1.29, 1.82) is 0 Å². The van der Waals surface area contributed by atoms with E-state index in [4.69, 9.17) is 11.6 Å². The number of carbonyl (C=O) groups excluding carboxylic acids is 1. The van der Waals surface area contributed by atoms with Crippen LogP contribution < -0.4 is 10.1 Å². The second-order valence-electron chi connectivity index (χ2n) is 5.37. The van der Waals surface area contributed by atoms with Crippen LogP contribution in [0, 0.1) is 5.82 Å². The van der Waals surface area contributed by atoms with Gasteiger partial charge in [-0.3, -0.25) is 9.69 Å². The van der Waals surface area contributed by atoms with Crippen molar-refractivity contribution in [1.82, 2.24) is 4.90 Å². The summed E-state index contributed by atoms with van der Waals surface area (Å²) in [6.45, 7) is -2.36. The molecule has 8 heteroatoms. The van der Waals surface area contributed by atoms with E-state index in [1.165, 1.54) is 24.3 Å². The molecule has 0 spiro atoms. The average molecular weight is 373 g/mol. The van der Waals surface area contributed by atoms with Gasteiger partial charge in [0.25, 0.3) is 0 Å². The van der Waals surface area contributed by atoms with Gasteiger partial charge in [0.1, 0.15) is 11.6 Å². The number of benzene rings is 2. The molecule has 2 aromatic carbocycles. The Labute approximate surface area is 148 Å². The lowest BCUT2D eigenvalue weighted by Gasteiger charge is -2.17. The fraction of sp³-hybridized carbons (Fsp3) is 0.235. The van der Waals surface area contributed by atoms with Crippen LogP contribution in [0.25, 0.3) is 0 Å². The van der Waals surface area contributed by atoms with E-state index >= 15 is 0 Å². The molecule has 2 aromatic rings. The number of rotatable bonds is 7. The SMILES string of the molecule is CN(CC(=O)Nc1ccc(F)cc1Cl)Cc1ccc(OC(F)F)cc1. The van der Waals surface area contributed by atoms with Gasteiger partial charge in [0.2, 0.25) is 5.91 Å². The summed E-state index contributed by atoms with van der Waals surface area (Å²) in [5.74, 6) is -0.724. The zero-order chi connectivity index (χ0) is 18.4. The molecule has 0 fully saturated rings. The molecular formula is C17H16ClF3N2O2. The molecule has 0 aliphatic carbocycles. The topological polar surface area (TPSA) is 41.6 Å². The van der Waals surface area contributed by atoms with Crippen molar-refractivity contribution in [2.24, 2.45) is 0 Å². The van der Waals surface area contributed by atoms with Crippen molar-refractivity contribution in [3.05, 3.63) is 58.9 Å². The second-order valence-corrected chi connectivity index (χ2v) is 5.77. The lowest BCUT2D eigenvalue weighted by molar-refractivity contribution is -0.117. The summed E-state index contributed by atoms with van der Waals surface area (Å²) >= 11 is 5.86. The number of anilines is 1. The van der Waals surface area contributed by atoms with Gasteiger partial charge in [-0.2, -0.15) is 8.78 Å². The van der Waals surface area contributed by atoms with Crippen LogP contribution in [-0.4, -0.2) is 31.0 Å². The number of amides is 1. The Kier molecular flexibility index (Phi) is 6.66. The van der Waals surface area contributed by atoms with Crippen molar-refractivity contribution in [2.45, 2.75) is 13.2 Å². The predicted octanol–water partition coefficient (Wildman–Crippen LogP) is 4.15. The van der Waals surface area contributed by atoms with E-state index in [-0.39, 0.29) is 23.2 Å². The van der Waals surface area contributed by atoms with Crippen LogP contribution in [0.2, 0.25) is 5.02 Å². The van der Waals surface area contributed by atoms with Crippen molar-refractivity contribution < 1.29 is 22.7 Å². The number of carbonyl (C=O) groups is 1. The lowest BCUT2D eigenvalue weighted by Crippen LogP contribution is -2.29. The third kappa shape index (κ3) is 6.28. The summed E-state index contributed by atoms with van der Waals surface area (Å²) < 4.78 is 41.5. The molecule has 1 amide bonds. The van der Waals surface area contributed by atoms with E-state index in [1.807, 2.05) is 0 Å². The summed E-state index contributed by atoms with van der Waals surface area (Å²) in [5.41, 5.74) is 1.16. The summed E-state index contributed by atoms with van der Waals surface area (Å²) in [7, 11) is 1.73. The maximum atomic E-state index is 13.0. The fourth-order valence-electron chi connectivity index (χ4n) is 2.17. The van der Waals surface area contributed by atoms with Gasteiger partial charge in [0.05, 0.1) is 17.3 Å². The van der Waals surface area contributed by atoms with E-state index in [0.717, 1.165) is 11.6 Å². The minimum atomic E-state index is -2.87. The van der Waals surface area contributed by atoms with Gasteiger partial charge in [-0.25, -0.2) is 4.39 Å². The molecule has 0 bridgehead atoms. The molecule has 0 saturated carbocycles. The first kappa shape index (κ1) is 19.1. The summed E-state index contributed by atoms with van der Waals surface area (Å²) in [5, 5.41) is 2.72. The minimum Gasteiger partial charge on any atom is -0.435 e. The average Bonchev–Trinajstić information content (AvgIpc) is 2.51. The fourth-order valence-corrected chi connectivity index (χ4v) is 2.38. The van der Waals surface area contributed by atoms with Gasteiger partial charge in [-0.15, -0.1) is 0 Å². The molecule has 0 heterocycles. The Bertz CT molecular complexity index is 726. The van der Waals surface area contributed by atoms with Crippen molar-refractivity contribution >= 4 is 23.2 Å². The van der Waals surface area contributed by atoms with Crippen LogP contribution in [0.5, 0.6) is 5.75 Å². The Morgan fingerprint density at radius 1 is 1.24 bits per heavy atom. The molecule has 0 saturated heterocycles. The normalized spacial score (nSPS) is 11.0. The Hall–Kier alpha value is -2.25. The zero-order valence-corrected chi connectivity index (χ0v) is 14.1. The van der Waals surface area contributed by atoms with Gasteiger partial charge in [0, 0.05) is 6.54 Å². The van der Waals surface area contributed by atoms with Crippen LogP contribution in [0.4, 0.5) is 18.9 Å². The number of ether oxygens (including phenoxy) is 1. The quantitative estimate of drug-likeness (QED) is 0.793. The molecule has 1 N–H and O–H groups in total. The molecule has 134 valence electrons. The molecule has 0 atom stereocenters. The van der Waals surface area contributed by atoms with Gasteiger partial charge in [-0.1, -0.05) is 23.7 Å². The van der Waals surface area contributed by atoms with E-state index in [0.29, 0.717) is 12.2 Å². The number of likely N-dealkylation sites (N-methyl/N-ethyl adjacent to an activating group) is 1. The molecule has 0 aliphatic rings. The van der Waals surface area contributed by atoms with E-state index < -0.39 is 12.4 Å². The highest BCUT2D eigenvalue weighted by atomic mass is 35.5. The first-order valence-electron chi connectivity index (χ1n) is 7.30. The lowest BCUT2D eigenvalue weighted by atomic mass is 10.2. The van der Waals surface area contributed by atoms with E-state index in [9.17, 15) is 18.0 Å². The van der Waals surface area contributed by atoms with Gasteiger partial charge in [0.15, 0.2) is 0 Å². The summed E-state index contributed by atoms with van der Waals surface area (Å²) in [4.78, 5) is 13.7. The van der Waals surface area contributed by atoms with Gasteiger partial charge in [-0.05, 0) is 42.9 Å². The standard InChI is InChI=1S/C17H16ClF3N2O2/c1-23(9-11-2-5-13(6-3-11)25-17(20)21)10-16(24)22-15-7-4-12(19)8-14(15)18/h2-8,17H,9-10H2,1H3,(H,22,24). The molecule has 25 heavy (non-hydrogen) atoms. The zero-order valence-electron chi connectivity index (χ0n) is 13.3. The number of nitrogens with one attached hydrogen (secondary N) is 1. The highest BCUT2D eigenvalue weighted by Crippen LogP contribution is 2.22. The maximum absolute atomic E-state index is 13.0. The van der Waals surface area contributed by atoms with Crippen molar-refractivity contribution in [2.75, 3.05) is 18.9 Å². The molecular weight excluding hydrogens is 357 g/mol. The van der Waals surface area contributed by atoms with Crippen LogP contribution in [-0.2, 0) is 11.3 Å².